The van der Waals surface area contributed by atoms with Crippen LogP contribution in [0.15, 0.2) is 42.5 Å². The minimum atomic E-state index is -0.519. The quantitative estimate of drug-likeness (QED) is 0.663. The lowest BCUT2D eigenvalue weighted by molar-refractivity contribution is 0.0472. The van der Waals surface area contributed by atoms with Crippen LogP contribution in [-0.4, -0.2) is 11.9 Å². The molecule has 0 aliphatic carbocycles. The molecule has 0 fully saturated rings. The molecule has 0 aliphatic rings. The molecular formula is C16H16N2O3. The summed E-state index contributed by atoms with van der Waals surface area (Å²) < 4.78 is 5.24. The number of esters is 1. The van der Waals surface area contributed by atoms with E-state index in [9.17, 15) is 9.59 Å². The molecule has 0 heterocycles. The molecule has 0 saturated heterocycles. The Bertz CT molecular complexity index is 696. The molecule has 2 rings (SSSR count). The van der Waals surface area contributed by atoms with Crippen LogP contribution in [0.25, 0.3) is 0 Å². The van der Waals surface area contributed by atoms with Gasteiger partial charge in [-0.15, -0.1) is 0 Å². The number of ether oxygens (including phenoxy) is 1. The highest BCUT2D eigenvalue weighted by Gasteiger charge is 2.12. The van der Waals surface area contributed by atoms with Crippen molar-refractivity contribution in [1.29, 1.82) is 0 Å². The monoisotopic (exact) mass is 284 g/mol. The van der Waals surface area contributed by atoms with Crippen molar-refractivity contribution in [2.24, 2.45) is 5.73 Å². The third-order valence-corrected chi connectivity index (χ3v) is 3.18. The molecule has 0 spiro atoms. The van der Waals surface area contributed by atoms with Gasteiger partial charge in [-0.25, -0.2) is 4.79 Å². The van der Waals surface area contributed by atoms with E-state index >= 15 is 0 Å². The minimum absolute atomic E-state index is 0.0637. The van der Waals surface area contributed by atoms with E-state index < -0.39 is 11.9 Å². The summed E-state index contributed by atoms with van der Waals surface area (Å²) in [6, 6.07) is 11.7. The maximum Gasteiger partial charge on any atom is 0.338 e. The fraction of sp³-hybridized carbons (Fsp3) is 0.125. The van der Waals surface area contributed by atoms with Gasteiger partial charge in [0.15, 0.2) is 0 Å². The van der Waals surface area contributed by atoms with E-state index in [-0.39, 0.29) is 6.61 Å². The SMILES string of the molecule is Cc1c(N)cccc1C(=O)OCc1cccc(C(N)=O)c1. The van der Waals surface area contributed by atoms with Crippen molar-refractivity contribution < 1.29 is 14.3 Å². The van der Waals surface area contributed by atoms with E-state index in [4.69, 9.17) is 16.2 Å². The summed E-state index contributed by atoms with van der Waals surface area (Å²) >= 11 is 0. The second-order valence-corrected chi connectivity index (χ2v) is 4.66. The first-order chi connectivity index (χ1) is 9.99. The summed E-state index contributed by atoms with van der Waals surface area (Å²) in [5.74, 6) is -0.973. The molecule has 5 nitrogen and oxygen atoms in total. The first-order valence-electron chi connectivity index (χ1n) is 6.40. The van der Waals surface area contributed by atoms with E-state index in [0.717, 1.165) is 0 Å². The Labute approximate surface area is 122 Å². The highest BCUT2D eigenvalue weighted by Crippen LogP contribution is 2.17. The van der Waals surface area contributed by atoms with E-state index in [1.54, 1.807) is 49.4 Å². The lowest BCUT2D eigenvalue weighted by Gasteiger charge is -2.09. The summed E-state index contributed by atoms with van der Waals surface area (Å²) in [4.78, 5) is 23.1. The van der Waals surface area contributed by atoms with Gasteiger partial charge in [0, 0.05) is 11.3 Å². The maximum absolute atomic E-state index is 12.0. The number of carbonyl (C=O) groups excluding carboxylic acids is 2. The number of primary amides is 1. The van der Waals surface area contributed by atoms with Crippen LogP contribution in [0.2, 0.25) is 0 Å². The molecule has 0 radical (unpaired) electrons. The number of carbonyl (C=O) groups is 2. The second-order valence-electron chi connectivity index (χ2n) is 4.66. The number of anilines is 1. The molecule has 4 N–H and O–H groups in total. The van der Waals surface area contributed by atoms with E-state index in [0.29, 0.717) is 27.9 Å². The van der Waals surface area contributed by atoms with Crippen LogP contribution in [0.3, 0.4) is 0 Å². The average molecular weight is 284 g/mol. The normalized spacial score (nSPS) is 10.1. The van der Waals surface area contributed by atoms with Gasteiger partial charge < -0.3 is 16.2 Å². The zero-order valence-electron chi connectivity index (χ0n) is 11.6. The lowest BCUT2D eigenvalue weighted by Crippen LogP contribution is -2.12. The number of nitrogen functional groups attached to an aromatic ring is 1. The van der Waals surface area contributed by atoms with Gasteiger partial charge in [0.1, 0.15) is 6.61 Å². The molecule has 0 unspecified atom stereocenters. The Morgan fingerprint density at radius 2 is 1.86 bits per heavy atom. The number of amides is 1. The van der Waals surface area contributed by atoms with Gasteiger partial charge in [0.05, 0.1) is 5.56 Å². The molecule has 2 aromatic carbocycles. The predicted octanol–water partition coefficient (Wildman–Crippen LogP) is 2.03. The first kappa shape index (κ1) is 14.6. The van der Waals surface area contributed by atoms with Gasteiger partial charge in [-0.2, -0.15) is 0 Å². The largest absolute Gasteiger partial charge is 0.457 e. The molecule has 0 saturated carbocycles. The van der Waals surface area contributed by atoms with Gasteiger partial charge in [-0.05, 0) is 42.3 Å². The molecule has 1 amide bonds. The molecule has 5 heteroatoms. The standard InChI is InChI=1S/C16H16N2O3/c1-10-13(6-3-7-14(10)17)16(20)21-9-11-4-2-5-12(8-11)15(18)19/h2-8H,9,17H2,1H3,(H2,18,19). The highest BCUT2D eigenvalue weighted by atomic mass is 16.5. The van der Waals surface area contributed by atoms with Gasteiger partial charge in [0.25, 0.3) is 0 Å². The summed E-state index contributed by atoms with van der Waals surface area (Å²) in [5, 5.41) is 0. The van der Waals surface area contributed by atoms with Crippen LogP contribution in [0, 0.1) is 6.92 Å². The maximum atomic E-state index is 12.0. The first-order valence-corrected chi connectivity index (χ1v) is 6.40. The van der Waals surface area contributed by atoms with Crippen LogP contribution >= 0.6 is 0 Å². The van der Waals surface area contributed by atoms with Gasteiger partial charge in [0.2, 0.25) is 5.91 Å². The van der Waals surface area contributed by atoms with Gasteiger partial charge >= 0.3 is 5.97 Å². The number of rotatable bonds is 4. The van der Waals surface area contributed by atoms with Gasteiger partial charge in [-0.1, -0.05) is 18.2 Å². The number of nitrogens with two attached hydrogens (primary N) is 2. The van der Waals surface area contributed by atoms with Gasteiger partial charge in [-0.3, -0.25) is 4.79 Å². The van der Waals surface area contributed by atoms with Crippen LogP contribution in [0.5, 0.6) is 0 Å². The Morgan fingerprint density at radius 1 is 1.14 bits per heavy atom. The molecule has 21 heavy (non-hydrogen) atoms. The molecule has 0 bridgehead atoms. The smallest absolute Gasteiger partial charge is 0.338 e. The number of benzene rings is 2. The third kappa shape index (κ3) is 3.39. The number of hydrogen-bond donors (Lipinski definition) is 2. The summed E-state index contributed by atoms with van der Waals surface area (Å²) in [6.07, 6.45) is 0. The van der Waals surface area contributed by atoms with Crippen LogP contribution < -0.4 is 11.5 Å². The van der Waals surface area contributed by atoms with Crippen molar-refractivity contribution >= 4 is 17.6 Å². The minimum Gasteiger partial charge on any atom is -0.457 e. The zero-order chi connectivity index (χ0) is 15.4. The van der Waals surface area contributed by atoms with Crippen LogP contribution in [0.4, 0.5) is 5.69 Å². The van der Waals surface area contributed by atoms with Crippen molar-refractivity contribution in [2.75, 3.05) is 5.73 Å². The highest BCUT2D eigenvalue weighted by molar-refractivity contribution is 5.93. The van der Waals surface area contributed by atoms with Crippen molar-refractivity contribution in [3.05, 3.63) is 64.7 Å². The summed E-state index contributed by atoms with van der Waals surface area (Å²) in [6.45, 7) is 1.83. The van der Waals surface area contributed by atoms with Crippen molar-refractivity contribution in [2.45, 2.75) is 13.5 Å². The van der Waals surface area contributed by atoms with Crippen molar-refractivity contribution in [1.82, 2.24) is 0 Å². The Kier molecular flexibility index (Phi) is 4.23. The Balaban J connectivity index is 2.09. The van der Waals surface area contributed by atoms with Crippen molar-refractivity contribution in [3.63, 3.8) is 0 Å². The van der Waals surface area contributed by atoms with E-state index in [1.165, 1.54) is 0 Å². The van der Waals surface area contributed by atoms with E-state index in [2.05, 4.69) is 0 Å². The topological polar surface area (TPSA) is 95.4 Å². The van der Waals surface area contributed by atoms with Crippen molar-refractivity contribution in [3.8, 4) is 0 Å². The molecule has 0 aliphatic heterocycles. The van der Waals surface area contributed by atoms with E-state index in [1.807, 2.05) is 0 Å². The fourth-order valence-corrected chi connectivity index (χ4v) is 1.92. The Morgan fingerprint density at radius 3 is 2.57 bits per heavy atom. The van der Waals surface area contributed by atoms with Crippen LogP contribution in [0.1, 0.15) is 31.8 Å². The fourth-order valence-electron chi connectivity index (χ4n) is 1.92. The van der Waals surface area contributed by atoms with Crippen LogP contribution in [-0.2, 0) is 11.3 Å². The molecule has 0 aromatic heterocycles. The molecule has 108 valence electrons. The molecule has 0 atom stereocenters. The summed E-state index contributed by atoms with van der Waals surface area (Å²) in [7, 11) is 0. The molecule has 2 aromatic rings. The second kappa shape index (κ2) is 6.09. The Hall–Kier alpha value is -2.82. The molecular weight excluding hydrogens is 268 g/mol. The number of hydrogen-bond acceptors (Lipinski definition) is 4. The predicted molar refractivity (Wildman–Crippen MR) is 79.7 cm³/mol. The third-order valence-electron chi connectivity index (χ3n) is 3.18. The summed E-state index contributed by atoms with van der Waals surface area (Å²) in [5.41, 5.74) is 13.7. The average Bonchev–Trinajstić information content (AvgIpc) is 2.48. The zero-order valence-corrected chi connectivity index (χ0v) is 11.6. The lowest BCUT2D eigenvalue weighted by atomic mass is 10.1.